The maximum Gasteiger partial charge on any atom is 0.335 e. The van der Waals surface area contributed by atoms with E-state index in [1.165, 1.54) is 0 Å². The van der Waals surface area contributed by atoms with Crippen LogP contribution in [0.25, 0.3) is 0 Å². The van der Waals surface area contributed by atoms with Crippen LogP contribution in [0.5, 0.6) is 11.5 Å². The Balaban J connectivity index is 1.38. The summed E-state index contributed by atoms with van der Waals surface area (Å²) in [5.74, 6) is -0.824. The highest BCUT2D eigenvalue weighted by Crippen LogP contribution is 2.62. The maximum atomic E-state index is 11.5. The lowest BCUT2D eigenvalue weighted by molar-refractivity contribution is -0.307. The maximum absolute atomic E-state index is 11.5. The van der Waals surface area contributed by atoms with Gasteiger partial charge in [0.05, 0.1) is 0 Å². The number of aliphatic hydroxyl groups is 3. The Morgan fingerprint density at radius 1 is 1.18 bits per heavy atom. The van der Waals surface area contributed by atoms with E-state index in [4.69, 9.17) is 14.2 Å². The fourth-order valence-corrected chi connectivity index (χ4v) is 6.66. The van der Waals surface area contributed by atoms with Crippen LogP contribution >= 0.6 is 0 Å². The third kappa shape index (κ3) is 2.73. The van der Waals surface area contributed by atoms with Crippen molar-refractivity contribution in [1.29, 1.82) is 0 Å². The number of carboxylic acid groups (broad SMARTS) is 1. The molecule has 1 aromatic rings. The Morgan fingerprint density at radius 3 is 2.73 bits per heavy atom. The molecular formula is C23H27NO9. The van der Waals surface area contributed by atoms with Gasteiger partial charge in [0, 0.05) is 22.9 Å². The van der Waals surface area contributed by atoms with Gasteiger partial charge in [0.15, 0.2) is 23.9 Å². The van der Waals surface area contributed by atoms with Gasteiger partial charge < -0.3 is 44.6 Å². The molecule has 2 fully saturated rings. The van der Waals surface area contributed by atoms with Crippen molar-refractivity contribution in [3.8, 4) is 11.5 Å². The van der Waals surface area contributed by atoms with Crippen molar-refractivity contribution < 1.29 is 44.5 Å². The summed E-state index contributed by atoms with van der Waals surface area (Å²) in [5, 5.41) is 50.5. The van der Waals surface area contributed by atoms with Gasteiger partial charge in [-0.25, -0.2) is 4.79 Å². The highest BCUT2D eigenvalue weighted by molar-refractivity contribution is 5.73. The van der Waals surface area contributed by atoms with Crippen LogP contribution in [0.1, 0.15) is 17.5 Å². The van der Waals surface area contributed by atoms with Gasteiger partial charge in [-0.1, -0.05) is 18.2 Å². The number of benzene rings is 1. The van der Waals surface area contributed by atoms with Crippen LogP contribution in [-0.2, 0) is 26.1 Å². The molecule has 10 heteroatoms. The van der Waals surface area contributed by atoms with Crippen molar-refractivity contribution >= 4 is 5.97 Å². The second-order valence-electron chi connectivity index (χ2n) is 9.78. The van der Waals surface area contributed by atoms with Crippen molar-refractivity contribution in [3.63, 3.8) is 0 Å². The van der Waals surface area contributed by atoms with Crippen LogP contribution in [-0.4, -0.2) is 98.9 Å². The number of phenols is 1. The van der Waals surface area contributed by atoms with Gasteiger partial charge in [0.25, 0.3) is 0 Å². The monoisotopic (exact) mass is 461 g/mol. The first-order chi connectivity index (χ1) is 15.7. The van der Waals surface area contributed by atoms with Gasteiger partial charge in [-0.3, -0.25) is 0 Å². The third-order valence-corrected chi connectivity index (χ3v) is 8.23. The Bertz CT molecular complexity index is 1030. The van der Waals surface area contributed by atoms with E-state index in [2.05, 4.69) is 18.0 Å². The predicted octanol–water partition coefficient (Wildman–Crippen LogP) is -0.885. The van der Waals surface area contributed by atoms with E-state index >= 15 is 0 Å². The first-order valence-corrected chi connectivity index (χ1v) is 11.2. The van der Waals surface area contributed by atoms with E-state index in [0.29, 0.717) is 5.75 Å². The van der Waals surface area contributed by atoms with Crippen LogP contribution < -0.4 is 4.74 Å². The molecule has 0 unspecified atom stereocenters. The number of aliphatic carboxylic acids is 1. The van der Waals surface area contributed by atoms with E-state index < -0.39 is 54.3 Å². The number of carboxylic acids is 1. The van der Waals surface area contributed by atoms with Gasteiger partial charge in [-0.15, -0.1) is 0 Å². The molecule has 1 aromatic carbocycles. The van der Waals surface area contributed by atoms with Gasteiger partial charge in [-0.2, -0.15) is 0 Å². The summed E-state index contributed by atoms with van der Waals surface area (Å²) in [6, 6.07) is 3.85. The smallest absolute Gasteiger partial charge is 0.335 e. The number of rotatable bonds is 3. The number of nitrogens with zero attached hydrogens (tertiary/aromatic N) is 1. The van der Waals surface area contributed by atoms with E-state index in [1.807, 2.05) is 12.1 Å². The van der Waals surface area contributed by atoms with E-state index in [1.54, 1.807) is 6.07 Å². The molecule has 0 amide bonds. The van der Waals surface area contributed by atoms with E-state index in [-0.39, 0.29) is 17.7 Å². The summed E-state index contributed by atoms with van der Waals surface area (Å²) in [6.45, 7) is 0.838. The SMILES string of the molecule is CN1CC[C@]23c4c5ccc(O)c4O[C@@H]2[C@H](O[C@@H]2O[C@H](C(=O)O)[C@@H](O)[C@H](O)[C@H]2O)C=C[C@H]3[C@H]1C5. The molecule has 33 heavy (non-hydrogen) atoms. The molecule has 1 spiro atoms. The lowest BCUT2D eigenvalue weighted by atomic mass is 9.53. The summed E-state index contributed by atoms with van der Waals surface area (Å²) < 4.78 is 17.7. The average Bonchev–Trinajstić information content (AvgIpc) is 3.14. The highest BCUT2D eigenvalue weighted by atomic mass is 16.7. The topological polar surface area (TPSA) is 149 Å². The standard InChI is InChI=1S/C23H27NO9/c1-24-7-6-23-10-3-5-13(31-22-17(28)15(26)16(27)19(33-22)21(29)30)20(23)32-18-12(25)4-2-9(14(18)23)8-11(10)24/h2-5,10-11,13,15-17,19-20,22,25-28H,6-8H2,1H3,(H,29,30)/t10-,11+,13+,15-,16-,17+,19-,20+,22+,23-/m0/s1. The molecule has 0 radical (unpaired) electrons. The number of carbonyl (C=O) groups is 1. The van der Waals surface area contributed by atoms with Gasteiger partial charge >= 0.3 is 5.97 Å². The Kier molecular flexibility index (Phi) is 4.62. The normalized spacial score (nSPS) is 45.4. The highest BCUT2D eigenvalue weighted by Gasteiger charge is 2.65. The summed E-state index contributed by atoms with van der Waals surface area (Å²) in [5.41, 5.74) is 1.69. The second-order valence-corrected chi connectivity index (χ2v) is 9.78. The quantitative estimate of drug-likeness (QED) is 0.359. The first kappa shape index (κ1) is 21.3. The predicted molar refractivity (Wildman–Crippen MR) is 111 cm³/mol. The minimum Gasteiger partial charge on any atom is -0.504 e. The zero-order valence-corrected chi connectivity index (χ0v) is 17.9. The third-order valence-electron chi connectivity index (χ3n) is 8.23. The average molecular weight is 461 g/mol. The van der Waals surface area contributed by atoms with Gasteiger partial charge in [-0.05, 0) is 38.1 Å². The van der Waals surface area contributed by atoms with Crippen molar-refractivity contribution in [2.45, 2.75) is 67.2 Å². The molecule has 3 heterocycles. The largest absolute Gasteiger partial charge is 0.504 e. The minimum absolute atomic E-state index is 0.0610. The van der Waals surface area contributed by atoms with Crippen molar-refractivity contribution in [2.24, 2.45) is 5.92 Å². The Hall–Kier alpha value is -2.21. The molecule has 2 saturated heterocycles. The van der Waals surface area contributed by atoms with Gasteiger partial charge in [0.2, 0.25) is 0 Å². The van der Waals surface area contributed by atoms with Crippen LogP contribution in [0.15, 0.2) is 24.3 Å². The van der Waals surface area contributed by atoms with Gasteiger partial charge in [0.1, 0.15) is 30.5 Å². The molecule has 10 nitrogen and oxygen atoms in total. The molecule has 10 atom stereocenters. The lowest BCUT2D eigenvalue weighted by Gasteiger charge is -2.57. The van der Waals surface area contributed by atoms with Crippen LogP contribution in [0, 0.1) is 5.92 Å². The number of piperidine rings is 1. The number of hydrogen-bond acceptors (Lipinski definition) is 9. The minimum atomic E-state index is -1.79. The Morgan fingerprint density at radius 2 is 1.97 bits per heavy atom. The number of likely N-dealkylation sites (tertiary alicyclic amines) is 1. The van der Waals surface area contributed by atoms with Crippen LogP contribution in [0.2, 0.25) is 0 Å². The van der Waals surface area contributed by atoms with E-state index in [0.717, 1.165) is 30.5 Å². The zero-order valence-electron chi connectivity index (χ0n) is 17.9. The number of likely N-dealkylation sites (N-methyl/N-ethyl adjacent to an activating group) is 1. The molecule has 5 N–H and O–H groups in total. The summed E-state index contributed by atoms with van der Waals surface area (Å²) in [6.07, 6.45) is -4.16. The molecule has 178 valence electrons. The molecule has 6 rings (SSSR count). The summed E-state index contributed by atoms with van der Waals surface area (Å²) in [4.78, 5) is 13.8. The molecule has 0 saturated carbocycles. The zero-order chi connectivity index (χ0) is 23.2. The number of hydrogen-bond donors (Lipinski definition) is 5. The summed E-state index contributed by atoms with van der Waals surface area (Å²) >= 11 is 0. The number of aromatic hydroxyl groups is 1. The van der Waals surface area contributed by atoms with Crippen molar-refractivity contribution in [1.82, 2.24) is 4.90 Å². The molecular weight excluding hydrogens is 434 g/mol. The van der Waals surface area contributed by atoms with Crippen molar-refractivity contribution in [2.75, 3.05) is 13.6 Å². The van der Waals surface area contributed by atoms with Crippen LogP contribution in [0.3, 0.4) is 0 Å². The molecule has 2 bridgehead atoms. The second kappa shape index (κ2) is 7.14. The fraction of sp³-hybridized carbons (Fsp3) is 0.609. The first-order valence-electron chi connectivity index (χ1n) is 11.2. The summed E-state index contributed by atoms with van der Waals surface area (Å²) in [7, 11) is 2.11. The van der Waals surface area contributed by atoms with E-state index in [9.17, 15) is 30.3 Å². The Labute approximate surface area is 189 Å². The molecule has 2 aliphatic carbocycles. The number of aliphatic hydroxyl groups excluding tert-OH is 3. The lowest BCUT2D eigenvalue weighted by Crippen LogP contribution is -2.66. The molecule has 3 aliphatic heterocycles. The fourth-order valence-electron chi connectivity index (χ4n) is 6.66. The molecule has 5 aliphatic rings. The molecule has 0 aromatic heterocycles. The van der Waals surface area contributed by atoms with Crippen LogP contribution in [0.4, 0.5) is 0 Å². The number of phenolic OH excluding ortho intramolecular Hbond substituents is 1. The number of ether oxygens (including phenoxy) is 3. The van der Waals surface area contributed by atoms with Crippen molar-refractivity contribution in [3.05, 3.63) is 35.4 Å².